The number of halogens is 3. The quantitative estimate of drug-likeness (QED) is 0.894. The fourth-order valence-corrected chi connectivity index (χ4v) is 1.77. The molecule has 1 saturated carbocycles. The number of fused-ring (bicyclic) bond motifs is 1. The van der Waals surface area contributed by atoms with Crippen LogP contribution >= 0.6 is 0 Å². The highest BCUT2D eigenvalue weighted by Gasteiger charge is 2.63. The minimum Gasteiger partial charge on any atom is -0.356 e. The van der Waals surface area contributed by atoms with Gasteiger partial charge in [0.25, 0.3) is 0 Å². The molecule has 0 atom stereocenters. The van der Waals surface area contributed by atoms with Crippen LogP contribution in [0.2, 0.25) is 0 Å². The number of pyridine rings is 1. The van der Waals surface area contributed by atoms with Crippen molar-refractivity contribution in [2.75, 3.05) is 5.32 Å². The van der Waals surface area contributed by atoms with Gasteiger partial charge in [0.2, 0.25) is 0 Å². The van der Waals surface area contributed by atoms with Gasteiger partial charge in [0, 0.05) is 12.4 Å². The van der Waals surface area contributed by atoms with Crippen LogP contribution in [0.1, 0.15) is 12.8 Å². The lowest BCUT2D eigenvalue weighted by atomic mass is 10.2. The van der Waals surface area contributed by atoms with Gasteiger partial charge in [0.15, 0.2) is 5.65 Å². The van der Waals surface area contributed by atoms with Crippen LogP contribution in [-0.4, -0.2) is 26.7 Å². The molecule has 1 aliphatic rings. The molecule has 3 rings (SSSR count). The number of hydrogen-bond donors (Lipinski definition) is 1. The molecule has 1 fully saturated rings. The molecule has 7 heteroatoms. The molecule has 0 spiro atoms. The SMILES string of the molecule is FC(F)(F)C1(Nc2ccc3nccnc3n2)CC1. The second kappa shape index (κ2) is 3.54. The molecule has 4 nitrogen and oxygen atoms in total. The average Bonchev–Trinajstić information content (AvgIpc) is 3.09. The molecule has 0 aromatic carbocycles. The van der Waals surface area contributed by atoms with Gasteiger partial charge in [-0.25, -0.2) is 9.97 Å². The molecular formula is C11H9F3N4. The first kappa shape index (κ1) is 11.2. The summed E-state index contributed by atoms with van der Waals surface area (Å²) in [5.74, 6) is 0.179. The first-order valence-corrected chi connectivity index (χ1v) is 5.43. The van der Waals surface area contributed by atoms with Crippen LogP contribution < -0.4 is 5.32 Å². The predicted molar refractivity (Wildman–Crippen MR) is 59.0 cm³/mol. The third kappa shape index (κ3) is 1.75. The Morgan fingerprint density at radius 2 is 1.83 bits per heavy atom. The summed E-state index contributed by atoms with van der Waals surface area (Å²) in [6.07, 6.45) is -1.13. The largest absolute Gasteiger partial charge is 0.411 e. The first-order valence-electron chi connectivity index (χ1n) is 5.43. The second-order valence-electron chi connectivity index (χ2n) is 4.30. The summed E-state index contributed by atoms with van der Waals surface area (Å²) in [7, 11) is 0. The van der Waals surface area contributed by atoms with Crippen LogP contribution in [0.15, 0.2) is 24.5 Å². The van der Waals surface area contributed by atoms with Crippen molar-refractivity contribution < 1.29 is 13.2 Å². The Balaban J connectivity index is 1.92. The van der Waals surface area contributed by atoms with Gasteiger partial charge in [-0.05, 0) is 25.0 Å². The van der Waals surface area contributed by atoms with Crippen molar-refractivity contribution in [2.45, 2.75) is 24.6 Å². The Morgan fingerprint density at radius 3 is 2.50 bits per heavy atom. The molecule has 0 saturated heterocycles. The van der Waals surface area contributed by atoms with Gasteiger partial charge in [0.1, 0.15) is 16.9 Å². The van der Waals surface area contributed by atoms with Crippen molar-refractivity contribution in [2.24, 2.45) is 0 Å². The van der Waals surface area contributed by atoms with E-state index in [4.69, 9.17) is 0 Å². The highest BCUT2D eigenvalue weighted by Crippen LogP contribution is 2.50. The van der Waals surface area contributed by atoms with Crippen molar-refractivity contribution in [1.29, 1.82) is 0 Å². The van der Waals surface area contributed by atoms with E-state index in [-0.39, 0.29) is 18.7 Å². The van der Waals surface area contributed by atoms with Crippen molar-refractivity contribution >= 4 is 17.0 Å². The molecule has 2 aromatic heterocycles. The summed E-state index contributed by atoms with van der Waals surface area (Å²) in [4.78, 5) is 12.0. The molecule has 0 amide bonds. The van der Waals surface area contributed by atoms with Gasteiger partial charge >= 0.3 is 6.18 Å². The molecule has 2 heterocycles. The molecule has 0 aliphatic heterocycles. The van der Waals surface area contributed by atoms with Crippen molar-refractivity contribution in [3.05, 3.63) is 24.5 Å². The summed E-state index contributed by atoms with van der Waals surface area (Å²) in [5, 5.41) is 2.46. The topological polar surface area (TPSA) is 50.7 Å². The van der Waals surface area contributed by atoms with Gasteiger partial charge < -0.3 is 5.32 Å². The Kier molecular flexibility index (Phi) is 2.20. The lowest BCUT2D eigenvalue weighted by Gasteiger charge is -2.21. The Labute approximate surface area is 100 Å². The summed E-state index contributed by atoms with van der Waals surface area (Å²) in [6.45, 7) is 0. The average molecular weight is 254 g/mol. The van der Waals surface area contributed by atoms with Crippen LogP contribution in [0.3, 0.4) is 0 Å². The van der Waals surface area contributed by atoms with Crippen molar-refractivity contribution in [3.63, 3.8) is 0 Å². The Bertz CT molecular complexity index is 592. The fourth-order valence-electron chi connectivity index (χ4n) is 1.77. The smallest absolute Gasteiger partial charge is 0.356 e. The fraction of sp³-hybridized carbons (Fsp3) is 0.364. The number of nitrogens with one attached hydrogen (secondary N) is 1. The van der Waals surface area contributed by atoms with E-state index in [1.54, 1.807) is 6.07 Å². The van der Waals surface area contributed by atoms with Gasteiger partial charge in [-0.15, -0.1) is 0 Å². The molecular weight excluding hydrogens is 245 g/mol. The Hall–Kier alpha value is -1.92. The van der Waals surface area contributed by atoms with E-state index in [0.717, 1.165) is 0 Å². The molecule has 18 heavy (non-hydrogen) atoms. The van der Waals surface area contributed by atoms with Gasteiger partial charge in [-0.3, -0.25) is 4.98 Å². The molecule has 0 bridgehead atoms. The highest BCUT2D eigenvalue weighted by atomic mass is 19.4. The number of rotatable bonds is 2. The van der Waals surface area contributed by atoms with E-state index < -0.39 is 11.7 Å². The van der Waals surface area contributed by atoms with E-state index in [2.05, 4.69) is 20.3 Å². The number of hydrogen-bond acceptors (Lipinski definition) is 4. The predicted octanol–water partition coefficient (Wildman–Crippen LogP) is 2.53. The molecule has 1 aliphatic carbocycles. The van der Waals surface area contributed by atoms with Crippen LogP contribution in [0.4, 0.5) is 19.0 Å². The molecule has 94 valence electrons. The normalized spacial score (nSPS) is 17.7. The van der Waals surface area contributed by atoms with E-state index >= 15 is 0 Å². The second-order valence-corrected chi connectivity index (χ2v) is 4.30. The molecule has 2 aromatic rings. The lowest BCUT2D eigenvalue weighted by molar-refractivity contribution is -0.151. The van der Waals surface area contributed by atoms with Gasteiger partial charge in [0.05, 0.1) is 0 Å². The zero-order valence-electron chi connectivity index (χ0n) is 9.20. The standard InChI is InChI=1S/C11H9F3N4/c12-11(13,14)10(3-4-10)18-8-2-1-7-9(17-8)16-6-5-15-7/h1-2,5-6H,3-4H2,(H,16,17,18). The zero-order valence-corrected chi connectivity index (χ0v) is 9.20. The number of aromatic nitrogens is 3. The summed E-state index contributed by atoms with van der Waals surface area (Å²) < 4.78 is 38.3. The van der Waals surface area contributed by atoms with Gasteiger partial charge in [-0.2, -0.15) is 13.2 Å². The number of anilines is 1. The van der Waals surface area contributed by atoms with E-state index in [0.29, 0.717) is 11.2 Å². The van der Waals surface area contributed by atoms with Crippen LogP contribution in [0.5, 0.6) is 0 Å². The van der Waals surface area contributed by atoms with E-state index in [1.807, 2.05) is 0 Å². The Morgan fingerprint density at radius 1 is 1.11 bits per heavy atom. The summed E-state index contributed by atoms with van der Waals surface area (Å²) in [5.41, 5.74) is -0.920. The monoisotopic (exact) mass is 254 g/mol. The third-order valence-corrected chi connectivity index (χ3v) is 2.99. The maximum Gasteiger partial charge on any atom is 0.411 e. The van der Waals surface area contributed by atoms with E-state index in [1.165, 1.54) is 18.5 Å². The van der Waals surface area contributed by atoms with Crippen molar-refractivity contribution in [1.82, 2.24) is 15.0 Å². The van der Waals surface area contributed by atoms with Crippen LogP contribution in [0, 0.1) is 0 Å². The van der Waals surface area contributed by atoms with Crippen molar-refractivity contribution in [3.8, 4) is 0 Å². The number of alkyl halides is 3. The molecule has 0 radical (unpaired) electrons. The first-order chi connectivity index (χ1) is 8.50. The van der Waals surface area contributed by atoms with Gasteiger partial charge in [-0.1, -0.05) is 0 Å². The zero-order chi connectivity index (χ0) is 12.8. The third-order valence-electron chi connectivity index (χ3n) is 2.99. The maximum absolute atomic E-state index is 12.8. The number of nitrogens with zero attached hydrogens (tertiary/aromatic N) is 3. The van der Waals surface area contributed by atoms with Crippen LogP contribution in [0.25, 0.3) is 11.2 Å². The highest BCUT2D eigenvalue weighted by molar-refractivity contribution is 5.71. The minimum atomic E-state index is -4.26. The molecule has 1 N–H and O–H groups in total. The van der Waals surface area contributed by atoms with E-state index in [9.17, 15) is 13.2 Å². The van der Waals surface area contributed by atoms with Crippen LogP contribution in [-0.2, 0) is 0 Å². The summed E-state index contributed by atoms with van der Waals surface area (Å²) in [6, 6.07) is 3.09. The lowest BCUT2D eigenvalue weighted by Crippen LogP contribution is -2.38. The summed E-state index contributed by atoms with van der Waals surface area (Å²) >= 11 is 0. The minimum absolute atomic E-state index is 0.0800. The maximum atomic E-state index is 12.8. The molecule has 0 unspecified atom stereocenters.